The molecule has 0 amide bonds. The van der Waals surface area contributed by atoms with Crippen molar-refractivity contribution >= 4 is 26.8 Å². The highest BCUT2D eigenvalue weighted by molar-refractivity contribution is 7.89. The van der Waals surface area contributed by atoms with Crippen molar-refractivity contribution in [1.82, 2.24) is 9.62 Å². The van der Waals surface area contributed by atoms with E-state index in [1.807, 2.05) is 26.0 Å². The zero-order valence-corrected chi connectivity index (χ0v) is 23.8. The number of likely N-dealkylation sites (N-methyl/N-ethyl adjacent to an activating group) is 1. The van der Waals surface area contributed by atoms with Crippen LogP contribution in [0.15, 0.2) is 83.8 Å². The van der Waals surface area contributed by atoms with E-state index in [4.69, 9.17) is 5.11 Å². The number of hydrogen-bond acceptors (Lipinski definition) is 5. The summed E-state index contributed by atoms with van der Waals surface area (Å²) < 4.78 is 55.4. The van der Waals surface area contributed by atoms with Gasteiger partial charge in [-0.05, 0) is 72.0 Å². The Kier molecular flexibility index (Phi) is 8.89. The molecule has 0 aliphatic carbocycles. The maximum Gasteiger partial charge on any atom is 0.341 e. The molecule has 10 heteroatoms. The summed E-state index contributed by atoms with van der Waals surface area (Å²) in [5.41, 5.74) is 0.0920. The predicted octanol–water partition coefficient (Wildman–Crippen LogP) is 5.08. The van der Waals surface area contributed by atoms with Gasteiger partial charge in [0.2, 0.25) is 10.0 Å². The van der Waals surface area contributed by atoms with Crippen LogP contribution >= 0.6 is 0 Å². The second-order valence-corrected chi connectivity index (χ2v) is 12.8. The quantitative estimate of drug-likeness (QED) is 0.228. The number of fused-ring (bicyclic) bond motifs is 1. The Morgan fingerprint density at radius 1 is 0.927 bits per heavy atom. The summed E-state index contributed by atoms with van der Waals surface area (Å²) in [6.07, 6.45) is -0.277. The molecule has 0 bridgehead atoms. The third kappa shape index (κ3) is 7.15. The van der Waals surface area contributed by atoms with Crippen LogP contribution in [0.4, 0.5) is 8.78 Å². The molecule has 4 rings (SSSR count). The first-order chi connectivity index (χ1) is 19.3. The molecule has 7 nitrogen and oxygen atoms in total. The molecule has 0 heterocycles. The Morgan fingerprint density at radius 3 is 2.15 bits per heavy atom. The van der Waals surface area contributed by atoms with Gasteiger partial charge in [-0.3, -0.25) is 0 Å². The number of aliphatic hydroxyl groups is 1. The minimum absolute atomic E-state index is 0.0649. The van der Waals surface area contributed by atoms with Gasteiger partial charge in [-0.2, -0.15) is 4.31 Å². The Labute approximate surface area is 238 Å². The number of β-amino-alcohol motifs (C(OH)–C–C–N with tert-alkyl or cyclic N) is 1. The molecule has 4 aromatic rings. The summed E-state index contributed by atoms with van der Waals surface area (Å²) in [6, 6.07) is 21.5. The van der Waals surface area contributed by atoms with E-state index < -0.39 is 39.3 Å². The Balaban J connectivity index is 1.37. The molecule has 0 aliphatic rings. The molecule has 0 radical (unpaired) electrons. The van der Waals surface area contributed by atoms with E-state index in [-0.39, 0.29) is 29.1 Å². The molecule has 0 aromatic heterocycles. The Morgan fingerprint density at radius 2 is 1.54 bits per heavy atom. The number of nitrogens with one attached hydrogen (secondary N) is 1. The van der Waals surface area contributed by atoms with E-state index in [9.17, 15) is 27.1 Å². The number of sulfonamides is 1. The molecule has 0 fully saturated rings. The topological polar surface area (TPSA) is 107 Å². The van der Waals surface area contributed by atoms with Crippen LogP contribution in [0.5, 0.6) is 0 Å². The van der Waals surface area contributed by atoms with Crippen LogP contribution in [0.2, 0.25) is 0 Å². The summed E-state index contributed by atoms with van der Waals surface area (Å²) >= 11 is 0. The van der Waals surface area contributed by atoms with Gasteiger partial charge in [0.05, 0.1) is 11.0 Å². The SMILES string of the molecule is CN(CC(O)CNC(C)(C)Cc1ccc2ccccc2c1)S(=O)(=O)c1ccc(-c2cc(F)c(C(=O)O)c(F)c2)cc1. The predicted molar refractivity (Wildman–Crippen MR) is 154 cm³/mol. The van der Waals surface area contributed by atoms with E-state index in [2.05, 4.69) is 35.6 Å². The Bertz CT molecular complexity index is 1650. The standard InChI is InChI=1S/C31H32F2N2O5S/c1-31(2,17-20-8-9-21-6-4-5-7-23(21)14-20)34-18-25(36)19-35(3)41(39,40)26-12-10-22(11-13-26)24-15-27(32)29(30(37)38)28(33)16-24/h4-16,25,34,36H,17-19H2,1-3H3,(H,37,38). The van der Waals surface area contributed by atoms with Gasteiger partial charge in [0.25, 0.3) is 0 Å². The van der Waals surface area contributed by atoms with E-state index in [1.54, 1.807) is 0 Å². The lowest BCUT2D eigenvalue weighted by molar-refractivity contribution is 0.0686. The Hall–Kier alpha value is -3.70. The monoisotopic (exact) mass is 582 g/mol. The zero-order chi connectivity index (χ0) is 29.9. The van der Waals surface area contributed by atoms with Crippen molar-refractivity contribution in [3.8, 4) is 11.1 Å². The number of carboxylic acids is 1. The first kappa shape index (κ1) is 30.3. The molecule has 3 N–H and O–H groups in total. The van der Waals surface area contributed by atoms with Gasteiger partial charge in [0.15, 0.2) is 0 Å². The van der Waals surface area contributed by atoms with Crippen LogP contribution in [0.1, 0.15) is 29.8 Å². The number of carbonyl (C=O) groups is 1. The molecule has 1 atom stereocenters. The van der Waals surface area contributed by atoms with Gasteiger partial charge in [-0.15, -0.1) is 0 Å². The number of benzene rings is 4. The maximum absolute atomic E-state index is 14.1. The number of carboxylic acid groups (broad SMARTS) is 1. The van der Waals surface area contributed by atoms with Gasteiger partial charge in [0.1, 0.15) is 17.2 Å². The summed E-state index contributed by atoms with van der Waals surface area (Å²) in [5.74, 6) is -4.18. The van der Waals surface area contributed by atoms with Crippen molar-refractivity contribution < 1.29 is 32.2 Å². The van der Waals surface area contributed by atoms with Crippen LogP contribution in [0.25, 0.3) is 21.9 Å². The molecule has 41 heavy (non-hydrogen) atoms. The fourth-order valence-corrected chi connectivity index (χ4v) is 5.93. The second kappa shape index (κ2) is 12.0. The fourth-order valence-electron chi connectivity index (χ4n) is 4.72. The van der Waals surface area contributed by atoms with E-state index in [0.717, 1.165) is 32.8 Å². The number of aliphatic hydroxyl groups excluding tert-OH is 1. The van der Waals surface area contributed by atoms with Gasteiger partial charge in [-0.25, -0.2) is 22.0 Å². The van der Waals surface area contributed by atoms with E-state index in [1.165, 1.54) is 31.3 Å². The van der Waals surface area contributed by atoms with Crippen molar-refractivity contribution in [3.05, 3.63) is 102 Å². The lowest BCUT2D eigenvalue weighted by Crippen LogP contribution is -2.47. The molecule has 216 valence electrons. The number of aromatic carboxylic acids is 1. The van der Waals surface area contributed by atoms with Crippen LogP contribution in [0.3, 0.4) is 0 Å². The van der Waals surface area contributed by atoms with E-state index >= 15 is 0 Å². The zero-order valence-electron chi connectivity index (χ0n) is 22.9. The summed E-state index contributed by atoms with van der Waals surface area (Å²) in [6.45, 7) is 4.05. The van der Waals surface area contributed by atoms with Crippen molar-refractivity contribution in [2.24, 2.45) is 0 Å². The average molecular weight is 583 g/mol. The van der Waals surface area contributed by atoms with Crippen LogP contribution in [-0.4, -0.2) is 60.7 Å². The van der Waals surface area contributed by atoms with Gasteiger partial charge in [-0.1, -0.05) is 54.6 Å². The molecule has 0 saturated carbocycles. The van der Waals surface area contributed by atoms with Crippen LogP contribution < -0.4 is 5.32 Å². The molecule has 0 saturated heterocycles. The third-order valence-corrected chi connectivity index (χ3v) is 8.73. The van der Waals surface area contributed by atoms with E-state index in [0.29, 0.717) is 12.0 Å². The highest BCUT2D eigenvalue weighted by atomic mass is 32.2. The lowest BCUT2D eigenvalue weighted by Gasteiger charge is -2.29. The highest BCUT2D eigenvalue weighted by Gasteiger charge is 2.25. The fraction of sp³-hybridized carbons (Fsp3) is 0.258. The van der Waals surface area contributed by atoms with Crippen molar-refractivity contribution in [1.29, 1.82) is 0 Å². The number of rotatable bonds is 11. The van der Waals surface area contributed by atoms with Crippen molar-refractivity contribution in [3.63, 3.8) is 0 Å². The second-order valence-electron chi connectivity index (χ2n) is 10.7. The average Bonchev–Trinajstić information content (AvgIpc) is 2.91. The van der Waals surface area contributed by atoms with Gasteiger partial charge < -0.3 is 15.5 Å². The normalized spacial score (nSPS) is 13.0. The minimum atomic E-state index is -3.97. The number of nitrogens with zero attached hydrogens (tertiary/aromatic N) is 1. The van der Waals surface area contributed by atoms with Gasteiger partial charge >= 0.3 is 5.97 Å². The smallest absolute Gasteiger partial charge is 0.341 e. The van der Waals surface area contributed by atoms with Crippen LogP contribution in [-0.2, 0) is 16.4 Å². The molecule has 0 aliphatic heterocycles. The third-order valence-electron chi connectivity index (χ3n) is 6.90. The molecular weight excluding hydrogens is 550 g/mol. The van der Waals surface area contributed by atoms with Gasteiger partial charge in [0, 0.05) is 25.7 Å². The number of halogens is 2. The van der Waals surface area contributed by atoms with Crippen molar-refractivity contribution in [2.45, 2.75) is 36.8 Å². The molecule has 4 aromatic carbocycles. The first-order valence-corrected chi connectivity index (χ1v) is 14.4. The summed E-state index contributed by atoms with van der Waals surface area (Å²) in [4.78, 5) is 11.0. The first-order valence-electron chi connectivity index (χ1n) is 13.0. The molecule has 1 unspecified atom stereocenters. The van der Waals surface area contributed by atoms with Crippen molar-refractivity contribution in [2.75, 3.05) is 20.1 Å². The van der Waals surface area contributed by atoms with Crippen LogP contribution in [0, 0.1) is 11.6 Å². The largest absolute Gasteiger partial charge is 0.477 e. The molecule has 0 spiro atoms. The highest BCUT2D eigenvalue weighted by Crippen LogP contribution is 2.27. The number of hydrogen-bond donors (Lipinski definition) is 3. The minimum Gasteiger partial charge on any atom is -0.477 e. The lowest BCUT2D eigenvalue weighted by atomic mass is 9.93. The molecular formula is C31H32F2N2O5S. The summed E-state index contributed by atoms with van der Waals surface area (Å²) in [5, 5.41) is 25.2. The maximum atomic E-state index is 14.1. The summed E-state index contributed by atoms with van der Waals surface area (Å²) in [7, 11) is -2.61.